The molecule has 3 heterocycles. The van der Waals surface area contributed by atoms with E-state index in [-0.39, 0.29) is 30.3 Å². The third kappa shape index (κ3) is 2.74. The van der Waals surface area contributed by atoms with E-state index in [1.54, 1.807) is 48.1 Å². The molecule has 1 saturated heterocycles. The Labute approximate surface area is 154 Å². The zero-order valence-corrected chi connectivity index (χ0v) is 14.8. The van der Waals surface area contributed by atoms with Crippen molar-refractivity contribution in [3.05, 3.63) is 52.8 Å². The van der Waals surface area contributed by atoms with Crippen molar-refractivity contribution in [1.29, 1.82) is 0 Å². The summed E-state index contributed by atoms with van der Waals surface area (Å²) < 4.78 is 1.72. The fourth-order valence-corrected chi connectivity index (χ4v) is 3.72. The number of halogens is 1. The molecule has 2 N–H and O–H groups in total. The summed E-state index contributed by atoms with van der Waals surface area (Å²) in [5, 5.41) is 6.14. The van der Waals surface area contributed by atoms with E-state index < -0.39 is 6.04 Å². The summed E-state index contributed by atoms with van der Waals surface area (Å²) in [6.07, 6.45) is 2.16. The van der Waals surface area contributed by atoms with Crippen LogP contribution in [0.1, 0.15) is 27.3 Å². The van der Waals surface area contributed by atoms with E-state index in [4.69, 9.17) is 11.6 Å². The van der Waals surface area contributed by atoms with Gasteiger partial charge in [0.15, 0.2) is 0 Å². The van der Waals surface area contributed by atoms with Crippen LogP contribution >= 0.6 is 11.6 Å². The second-order valence-corrected chi connectivity index (χ2v) is 7.00. The molecule has 7 nitrogen and oxygen atoms in total. The first-order valence-electron chi connectivity index (χ1n) is 8.27. The third-order valence-corrected chi connectivity index (χ3v) is 5.08. The number of nitrogens with one attached hydrogen (secondary N) is 2. The number of carbonyl (C=O) groups excluding carboxylic acids is 3. The normalized spacial score (nSPS) is 21.7. The Balaban J connectivity index is 1.56. The molecule has 134 valence electrons. The maximum atomic E-state index is 12.9. The van der Waals surface area contributed by atoms with Crippen molar-refractivity contribution >= 4 is 35.0 Å². The van der Waals surface area contributed by atoms with E-state index in [9.17, 15) is 14.4 Å². The van der Waals surface area contributed by atoms with Gasteiger partial charge in [0.1, 0.15) is 11.7 Å². The van der Waals surface area contributed by atoms with Crippen LogP contribution in [0, 0.1) is 0 Å². The Morgan fingerprint density at radius 3 is 2.85 bits per heavy atom. The molecule has 8 heteroatoms. The molecule has 26 heavy (non-hydrogen) atoms. The summed E-state index contributed by atoms with van der Waals surface area (Å²) in [6.45, 7) is 0.287. The summed E-state index contributed by atoms with van der Waals surface area (Å²) in [7, 11) is 1.79. The van der Waals surface area contributed by atoms with Crippen molar-refractivity contribution in [2.24, 2.45) is 7.05 Å². The molecule has 1 fully saturated rings. The Morgan fingerprint density at radius 2 is 2.12 bits per heavy atom. The molecule has 2 atom stereocenters. The van der Waals surface area contributed by atoms with Gasteiger partial charge in [0.2, 0.25) is 5.91 Å². The van der Waals surface area contributed by atoms with Gasteiger partial charge in [0, 0.05) is 30.9 Å². The van der Waals surface area contributed by atoms with Crippen LogP contribution in [0.2, 0.25) is 5.02 Å². The first-order valence-corrected chi connectivity index (χ1v) is 8.65. The molecule has 2 aliphatic heterocycles. The van der Waals surface area contributed by atoms with Crippen molar-refractivity contribution in [2.75, 3.05) is 11.9 Å². The fraction of sp³-hybridized carbons (Fsp3) is 0.278. The van der Waals surface area contributed by atoms with E-state index in [1.165, 1.54) is 4.90 Å². The number of aryl methyl sites for hydroxylation is 1. The zero-order chi connectivity index (χ0) is 18.4. The van der Waals surface area contributed by atoms with Gasteiger partial charge in [-0.25, -0.2) is 0 Å². The van der Waals surface area contributed by atoms with E-state index in [2.05, 4.69) is 10.6 Å². The van der Waals surface area contributed by atoms with Crippen LogP contribution in [0.5, 0.6) is 0 Å². The third-order valence-electron chi connectivity index (χ3n) is 4.85. The Hall–Kier alpha value is -2.80. The Bertz CT molecular complexity index is 923. The Kier molecular flexibility index (Phi) is 3.96. The summed E-state index contributed by atoms with van der Waals surface area (Å²) in [5.74, 6) is -0.731. The highest BCUT2D eigenvalue weighted by Gasteiger charge is 2.43. The minimum absolute atomic E-state index is 0.222. The summed E-state index contributed by atoms with van der Waals surface area (Å²) >= 11 is 5.96. The smallest absolute Gasteiger partial charge is 0.268 e. The largest absolute Gasteiger partial charge is 0.347 e. The van der Waals surface area contributed by atoms with Crippen LogP contribution in [0.3, 0.4) is 0 Å². The lowest BCUT2D eigenvalue weighted by molar-refractivity contribution is -0.119. The molecule has 1 aromatic carbocycles. The van der Waals surface area contributed by atoms with Crippen molar-refractivity contribution in [3.8, 4) is 0 Å². The van der Waals surface area contributed by atoms with Crippen molar-refractivity contribution in [1.82, 2.24) is 14.8 Å². The van der Waals surface area contributed by atoms with Crippen molar-refractivity contribution in [2.45, 2.75) is 18.5 Å². The van der Waals surface area contributed by atoms with E-state index in [1.807, 2.05) is 0 Å². The number of fused-ring (bicyclic) bond motifs is 2. The number of amides is 3. The standard InChI is InChI=1S/C18H17ClN4O3/c1-22-6-2-3-14(22)16(24)20-11-8-15-17(25)21-13-7-10(19)4-5-12(13)18(26)23(15)9-11/h2-7,11,15H,8-9H2,1H3,(H,20,24)(H,21,25)/t11-,15-/m1/s1. The molecular weight excluding hydrogens is 356 g/mol. The van der Waals surface area contributed by atoms with Crippen LogP contribution in [-0.4, -0.2) is 45.8 Å². The fourth-order valence-electron chi connectivity index (χ4n) is 3.55. The number of hydrogen-bond acceptors (Lipinski definition) is 3. The number of carbonyl (C=O) groups is 3. The SMILES string of the molecule is Cn1cccc1C(=O)N[C@@H]1C[C@@H]2C(=O)Nc3cc(Cl)ccc3C(=O)N2C1. The van der Waals surface area contributed by atoms with E-state index >= 15 is 0 Å². The van der Waals surface area contributed by atoms with E-state index in [0.717, 1.165) is 0 Å². The van der Waals surface area contributed by atoms with Gasteiger partial charge in [-0.3, -0.25) is 14.4 Å². The molecular formula is C18H17ClN4O3. The first-order chi connectivity index (χ1) is 12.4. The molecule has 1 aromatic heterocycles. The topological polar surface area (TPSA) is 83.4 Å². The predicted octanol–water partition coefficient (Wildman–Crippen LogP) is 1.64. The molecule has 0 saturated carbocycles. The number of rotatable bonds is 2. The van der Waals surface area contributed by atoms with Gasteiger partial charge in [0.25, 0.3) is 11.8 Å². The quantitative estimate of drug-likeness (QED) is 0.840. The second kappa shape index (κ2) is 6.17. The lowest BCUT2D eigenvalue weighted by Gasteiger charge is -2.20. The predicted molar refractivity (Wildman–Crippen MR) is 96.2 cm³/mol. The molecule has 0 bridgehead atoms. The number of anilines is 1. The molecule has 0 spiro atoms. The average Bonchev–Trinajstić information content (AvgIpc) is 3.18. The monoisotopic (exact) mass is 372 g/mol. The molecule has 3 amide bonds. The summed E-state index contributed by atoms with van der Waals surface area (Å²) in [4.78, 5) is 39.4. The second-order valence-electron chi connectivity index (χ2n) is 6.56. The number of nitrogens with zero attached hydrogens (tertiary/aromatic N) is 2. The van der Waals surface area contributed by atoms with Crippen LogP contribution in [0.15, 0.2) is 36.5 Å². The minimum atomic E-state index is -0.618. The lowest BCUT2D eigenvalue weighted by atomic mass is 10.1. The highest BCUT2D eigenvalue weighted by Crippen LogP contribution is 2.30. The van der Waals surface area contributed by atoms with Gasteiger partial charge in [-0.2, -0.15) is 0 Å². The summed E-state index contributed by atoms with van der Waals surface area (Å²) in [5.41, 5.74) is 1.36. The van der Waals surface area contributed by atoms with Crippen LogP contribution in [0.25, 0.3) is 0 Å². The highest BCUT2D eigenvalue weighted by molar-refractivity contribution is 6.31. The molecule has 2 aliphatic rings. The maximum absolute atomic E-state index is 12.9. The van der Waals surface area contributed by atoms with Gasteiger partial charge in [-0.05, 0) is 36.8 Å². The van der Waals surface area contributed by atoms with Gasteiger partial charge in [-0.1, -0.05) is 11.6 Å². The number of aromatic nitrogens is 1. The molecule has 0 unspecified atom stereocenters. The first kappa shape index (κ1) is 16.7. The minimum Gasteiger partial charge on any atom is -0.347 e. The van der Waals surface area contributed by atoms with Gasteiger partial charge >= 0.3 is 0 Å². The zero-order valence-electron chi connectivity index (χ0n) is 14.0. The van der Waals surface area contributed by atoms with Gasteiger partial charge in [-0.15, -0.1) is 0 Å². The van der Waals surface area contributed by atoms with Crippen molar-refractivity contribution in [3.63, 3.8) is 0 Å². The van der Waals surface area contributed by atoms with Crippen LogP contribution < -0.4 is 10.6 Å². The molecule has 2 aromatic rings. The average molecular weight is 373 g/mol. The Morgan fingerprint density at radius 1 is 1.31 bits per heavy atom. The maximum Gasteiger partial charge on any atom is 0.268 e. The van der Waals surface area contributed by atoms with Crippen LogP contribution in [-0.2, 0) is 11.8 Å². The lowest BCUT2D eigenvalue weighted by Crippen LogP contribution is -2.41. The number of hydrogen-bond donors (Lipinski definition) is 2. The van der Waals surface area contributed by atoms with Crippen molar-refractivity contribution < 1.29 is 14.4 Å². The van der Waals surface area contributed by atoms with Crippen LogP contribution in [0.4, 0.5) is 5.69 Å². The van der Waals surface area contributed by atoms with Gasteiger partial charge < -0.3 is 20.1 Å². The number of benzene rings is 1. The molecule has 0 aliphatic carbocycles. The van der Waals surface area contributed by atoms with E-state index in [0.29, 0.717) is 28.4 Å². The molecule has 0 radical (unpaired) electrons. The molecule has 4 rings (SSSR count). The highest BCUT2D eigenvalue weighted by atomic mass is 35.5. The summed E-state index contributed by atoms with van der Waals surface area (Å²) in [6, 6.07) is 7.41. The van der Waals surface area contributed by atoms with Gasteiger partial charge in [0.05, 0.1) is 11.3 Å².